The van der Waals surface area contributed by atoms with Gasteiger partial charge in [0.1, 0.15) is 23.9 Å². The molecule has 0 radical (unpaired) electrons. The zero-order valence-electron chi connectivity index (χ0n) is 20.3. The van der Waals surface area contributed by atoms with Crippen molar-refractivity contribution in [2.45, 2.75) is 39.2 Å². The van der Waals surface area contributed by atoms with Crippen LogP contribution in [0, 0.1) is 13.8 Å². The summed E-state index contributed by atoms with van der Waals surface area (Å²) in [6.07, 6.45) is 6.78. The first kappa shape index (κ1) is 24.4. The number of anilines is 1. The standard InChI is InChI=1S/C26H32ClN3O4/c1-17-15-29-21(18(2)26(17)32-4)16-34-24-14-20(27)12-19(13-23(24)31-3)25-22(6-5-7-28-25)30-8-10-33-11-9-30/h5-7,12,15,19H,8-11,13-14,16H2,1-4H3. The minimum atomic E-state index is -0.0260. The molecule has 0 saturated carbocycles. The van der Waals surface area contributed by atoms with Crippen LogP contribution in [-0.2, 0) is 20.8 Å². The van der Waals surface area contributed by atoms with Gasteiger partial charge in [-0.25, -0.2) is 0 Å². The lowest BCUT2D eigenvalue weighted by Gasteiger charge is -2.31. The van der Waals surface area contributed by atoms with Crippen LogP contribution < -0.4 is 9.64 Å². The van der Waals surface area contributed by atoms with Crippen LogP contribution in [0.3, 0.4) is 0 Å². The third-order valence-electron chi connectivity index (χ3n) is 6.33. The van der Waals surface area contributed by atoms with Crippen LogP contribution in [0.2, 0.25) is 0 Å². The van der Waals surface area contributed by atoms with Gasteiger partial charge in [-0.15, -0.1) is 0 Å². The highest BCUT2D eigenvalue weighted by Gasteiger charge is 2.27. The van der Waals surface area contributed by atoms with Gasteiger partial charge in [0, 0.05) is 60.4 Å². The van der Waals surface area contributed by atoms with Crippen LogP contribution in [0.4, 0.5) is 5.69 Å². The predicted molar refractivity (Wildman–Crippen MR) is 132 cm³/mol. The molecule has 0 N–H and O–H groups in total. The first-order valence-electron chi connectivity index (χ1n) is 11.5. The van der Waals surface area contributed by atoms with Crippen molar-refractivity contribution in [1.29, 1.82) is 0 Å². The maximum Gasteiger partial charge on any atom is 0.139 e. The number of aromatic nitrogens is 2. The third-order valence-corrected chi connectivity index (χ3v) is 6.59. The van der Waals surface area contributed by atoms with Gasteiger partial charge in [0.05, 0.1) is 44.5 Å². The molecular formula is C26H32ClN3O4. The second kappa shape index (κ2) is 11.1. The number of allylic oxidation sites excluding steroid dienone is 3. The molecule has 1 saturated heterocycles. The van der Waals surface area contributed by atoms with E-state index >= 15 is 0 Å². The molecule has 0 bridgehead atoms. The molecule has 2 aromatic rings. The monoisotopic (exact) mass is 485 g/mol. The van der Waals surface area contributed by atoms with E-state index in [9.17, 15) is 0 Å². The molecule has 1 aliphatic carbocycles. The summed E-state index contributed by atoms with van der Waals surface area (Å²) < 4.78 is 23.1. The number of hydrogen-bond donors (Lipinski definition) is 0. The molecule has 34 heavy (non-hydrogen) atoms. The van der Waals surface area contributed by atoms with E-state index in [1.54, 1.807) is 20.4 Å². The molecule has 0 aromatic carbocycles. The highest BCUT2D eigenvalue weighted by atomic mass is 35.5. The topological polar surface area (TPSA) is 65.9 Å². The Morgan fingerprint density at radius 2 is 1.91 bits per heavy atom. The molecule has 2 aromatic heterocycles. The summed E-state index contributed by atoms with van der Waals surface area (Å²) in [6, 6.07) is 4.09. The van der Waals surface area contributed by atoms with Gasteiger partial charge in [-0.2, -0.15) is 0 Å². The van der Waals surface area contributed by atoms with Crippen molar-refractivity contribution in [3.63, 3.8) is 0 Å². The lowest BCUT2D eigenvalue weighted by atomic mass is 9.97. The molecule has 0 amide bonds. The number of nitrogens with zero attached hydrogens (tertiary/aromatic N) is 3. The van der Waals surface area contributed by atoms with Crippen LogP contribution in [0.1, 0.15) is 41.3 Å². The summed E-state index contributed by atoms with van der Waals surface area (Å²) in [5, 5.41) is 0.705. The highest BCUT2D eigenvalue weighted by Crippen LogP contribution is 2.38. The van der Waals surface area contributed by atoms with Crippen molar-refractivity contribution in [3.8, 4) is 5.75 Å². The Morgan fingerprint density at radius 1 is 1.12 bits per heavy atom. The molecule has 8 heteroatoms. The van der Waals surface area contributed by atoms with E-state index in [-0.39, 0.29) is 5.92 Å². The van der Waals surface area contributed by atoms with Crippen molar-refractivity contribution in [3.05, 3.63) is 69.7 Å². The molecule has 1 atom stereocenters. The lowest BCUT2D eigenvalue weighted by molar-refractivity contribution is 0.122. The number of halogens is 1. The summed E-state index contributed by atoms with van der Waals surface area (Å²) in [5.41, 5.74) is 4.89. The number of pyridine rings is 2. The van der Waals surface area contributed by atoms with E-state index in [1.807, 2.05) is 26.1 Å². The minimum Gasteiger partial charge on any atom is -0.498 e. The minimum absolute atomic E-state index is 0.0260. The van der Waals surface area contributed by atoms with Crippen molar-refractivity contribution in [2.24, 2.45) is 0 Å². The summed E-state index contributed by atoms with van der Waals surface area (Å²) in [6.45, 7) is 7.40. The van der Waals surface area contributed by atoms with Gasteiger partial charge in [0.2, 0.25) is 0 Å². The Morgan fingerprint density at radius 3 is 2.65 bits per heavy atom. The molecule has 1 fully saturated rings. The van der Waals surface area contributed by atoms with E-state index in [1.165, 1.54) is 0 Å². The SMILES string of the molecule is COC1=C(OCc2ncc(C)c(OC)c2C)CC(Cl)=CC(c2ncccc2N2CCOCC2)C1. The fourth-order valence-electron chi connectivity index (χ4n) is 4.54. The zero-order valence-corrected chi connectivity index (χ0v) is 21.0. The van der Waals surface area contributed by atoms with Crippen LogP contribution in [0.25, 0.3) is 0 Å². The van der Waals surface area contributed by atoms with Crippen LogP contribution in [-0.4, -0.2) is 50.5 Å². The van der Waals surface area contributed by atoms with Crippen molar-refractivity contribution in [2.75, 3.05) is 45.4 Å². The Bertz CT molecular complexity index is 1080. The Hall–Kier alpha value is -2.77. The molecule has 2 aliphatic rings. The molecule has 3 heterocycles. The first-order valence-corrected chi connectivity index (χ1v) is 11.9. The van der Waals surface area contributed by atoms with Gasteiger partial charge >= 0.3 is 0 Å². The molecule has 0 spiro atoms. The summed E-state index contributed by atoms with van der Waals surface area (Å²) in [7, 11) is 3.35. The van der Waals surface area contributed by atoms with Gasteiger partial charge in [-0.3, -0.25) is 9.97 Å². The molecule has 7 nitrogen and oxygen atoms in total. The average molecular weight is 486 g/mol. The van der Waals surface area contributed by atoms with E-state index < -0.39 is 0 Å². The Balaban J connectivity index is 1.59. The summed E-state index contributed by atoms with van der Waals surface area (Å²) in [4.78, 5) is 11.6. The number of morpholine rings is 1. The third kappa shape index (κ3) is 5.31. The number of rotatable bonds is 7. The van der Waals surface area contributed by atoms with Crippen molar-refractivity contribution >= 4 is 17.3 Å². The summed E-state index contributed by atoms with van der Waals surface area (Å²) in [5.74, 6) is 2.30. The number of methoxy groups -OCH3 is 2. The Kier molecular flexibility index (Phi) is 7.95. The number of aryl methyl sites for hydroxylation is 1. The van der Waals surface area contributed by atoms with Crippen molar-refractivity contribution < 1.29 is 18.9 Å². The lowest BCUT2D eigenvalue weighted by Crippen LogP contribution is -2.37. The smallest absolute Gasteiger partial charge is 0.139 e. The van der Waals surface area contributed by atoms with Crippen LogP contribution >= 0.6 is 11.6 Å². The summed E-state index contributed by atoms with van der Waals surface area (Å²) >= 11 is 6.70. The molecule has 1 unspecified atom stereocenters. The largest absolute Gasteiger partial charge is 0.498 e. The van der Waals surface area contributed by atoms with Gasteiger partial charge < -0.3 is 23.8 Å². The fraction of sp³-hybridized carbons (Fsp3) is 0.462. The normalized spacial score (nSPS) is 18.9. The molecular weight excluding hydrogens is 454 g/mol. The van der Waals surface area contributed by atoms with E-state index in [2.05, 4.69) is 22.0 Å². The fourth-order valence-corrected chi connectivity index (χ4v) is 4.82. The molecule has 4 rings (SSSR count). The van der Waals surface area contributed by atoms with E-state index in [4.69, 9.17) is 35.5 Å². The van der Waals surface area contributed by atoms with E-state index in [0.717, 1.165) is 58.6 Å². The molecule has 182 valence electrons. The van der Waals surface area contributed by atoms with Gasteiger partial charge in [-0.1, -0.05) is 17.7 Å². The maximum atomic E-state index is 6.70. The maximum absolute atomic E-state index is 6.70. The zero-order chi connectivity index (χ0) is 24.1. The van der Waals surface area contributed by atoms with Gasteiger partial charge in [0.15, 0.2) is 0 Å². The predicted octanol–water partition coefficient (Wildman–Crippen LogP) is 5.01. The molecule has 1 aliphatic heterocycles. The second-order valence-electron chi connectivity index (χ2n) is 8.49. The van der Waals surface area contributed by atoms with Crippen LogP contribution in [0.15, 0.2) is 47.2 Å². The Labute approximate surface area is 206 Å². The average Bonchev–Trinajstić information content (AvgIpc) is 3.02. The van der Waals surface area contributed by atoms with Gasteiger partial charge in [0.25, 0.3) is 0 Å². The second-order valence-corrected chi connectivity index (χ2v) is 8.98. The highest BCUT2D eigenvalue weighted by molar-refractivity contribution is 6.29. The first-order chi connectivity index (χ1) is 16.5. The number of ether oxygens (including phenoxy) is 4. The van der Waals surface area contributed by atoms with E-state index in [0.29, 0.717) is 37.7 Å². The van der Waals surface area contributed by atoms with Crippen LogP contribution in [0.5, 0.6) is 5.75 Å². The quantitative estimate of drug-likeness (QED) is 0.545. The van der Waals surface area contributed by atoms with Crippen molar-refractivity contribution in [1.82, 2.24) is 9.97 Å². The van der Waals surface area contributed by atoms with Gasteiger partial charge in [-0.05, 0) is 26.0 Å². The number of hydrogen-bond acceptors (Lipinski definition) is 7.